The number of benzene rings is 2. The minimum absolute atomic E-state index is 0.0891. The van der Waals surface area contributed by atoms with Crippen molar-refractivity contribution in [3.63, 3.8) is 0 Å². The van der Waals surface area contributed by atoms with E-state index in [-0.39, 0.29) is 5.56 Å². The van der Waals surface area contributed by atoms with Gasteiger partial charge in [0.1, 0.15) is 6.10 Å². The fourth-order valence-electron chi connectivity index (χ4n) is 4.69. The second-order valence-electron chi connectivity index (χ2n) is 7.76. The van der Waals surface area contributed by atoms with Gasteiger partial charge in [-0.3, -0.25) is 5.41 Å². The van der Waals surface area contributed by atoms with Crippen molar-refractivity contribution in [2.45, 2.75) is 25.0 Å². The smallest absolute Gasteiger partial charge is 0.416 e. The Morgan fingerprint density at radius 2 is 1.53 bits per heavy atom. The Hall–Kier alpha value is -3.87. The summed E-state index contributed by atoms with van der Waals surface area (Å²) >= 11 is 0. The van der Waals surface area contributed by atoms with Crippen molar-refractivity contribution in [1.82, 2.24) is 0 Å². The van der Waals surface area contributed by atoms with Crippen LogP contribution in [-0.4, -0.2) is 5.90 Å². The highest BCUT2D eigenvalue weighted by Gasteiger charge is 2.79. The highest BCUT2D eigenvalue weighted by atomic mass is 19.4. The van der Waals surface area contributed by atoms with Crippen LogP contribution in [-0.2, 0) is 21.4 Å². The van der Waals surface area contributed by atoms with E-state index in [1.54, 1.807) is 37.3 Å². The Morgan fingerprint density at radius 3 is 2.03 bits per heavy atom. The highest BCUT2D eigenvalue weighted by molar-refractivity contribution is 5.89. The van der Waals surface area contributed by atoms with E-state index in [4.69, 9.17) is 14.9 Å². The lowest BCUT2D eigenvalue weighted by atomic mass is 9.53. The molecule has 4 rings (SSSR count). The third kappa shape index (κ3) is 2.45. The zero-order chi connectivity index (χ0) is 23.4. The standard InChI is InChI=1S/C23H15F3N4O2/c1-14-21(13-29)19(30)32-22(14,16-5-3-2-4-6-16)31-18(20(21,11-27)12-28)15-7-9-17(10-8-15)23(24,25)26/h2-10,14,18,30H,1H3. The fraction of sp³-hybridized carbons (Fsp3) is 0.304. The molecule has 2 saturated heterocycles. The summed E-state index contributed by atoms with van der Waals surface area (Å²) in [5.41, 5.74) is -4.63. The van der Waals surface area contributed by atoms with E-state index in [1.165, 1.54) is 0 Å². The first-order valence-electron chi connectivity index (χ1n) is 9.55. The molecule has 160 valence electrons. The number of alkyl halides is 3. The second kappa shape index (κ2) is 6.82. The van der Waals surface area contributed by atoms with Gasteiger partial charge in [0.25, 0.3) is 0 Å². The summed E-state index contributed by atoms with van der Waals surface area (Å²) in [7, 11) is 0. The van der Waals surface area contributed by atoms with Crippen LogP contribution >= 0.6 is 0 Å². The van der Waals surface area contributed by atoms with Crippen molar-refractivity contribution < 1.29 is 22.6 Å². The number of hydrogen-bond acceptors (Lipinski definition) is 6. The molecule has 2 aromatic carbocycles. The molecule has 2 aliphatic heterocycles. The topological polar surface area (TPSA) is 114 Å². The average Bonchev–Trinajstić information content (AvgIpc) is 2.95. The van der Waals surface area contributed by atoms with Crippen LogP contribution in [0.3, 0.4) is 0 Å². The Labute approximate surface area is 181 Å². The predicted molar refractivity (Wildman–Crippen MR) is 103 cm³/mol. The van der Waals surface area contributed by atoms with Gasteiger partial charge in [-0.05, 0) is 17.7 Å². The molecule has 0 radical (unpaired) electrons. The number of nitrogens with one attached hydrogen (secondary N) is 1. The zero-order valence-electron chi connectivity index (χ0n) is 16.6. The van der Waals surface area contributed by atoms with E-state index in [1.807, 2.05) is 18.2 Å². The summed E-state index contributed by atoms with van der Waals surface area (Å²) in [6.07, 6.45) is -6.04. The van der Waals surface area contributed by atoms with Crippen molar-refractivity contribution in [3.8, 4) is 18.2 Å². The number of halogens is 3. The minimum Gasteiger partial charge on any atom is -0.443 e. The van der Waals surface area contributed by atoms with Crippen LogP contribution in [0.25, 0.3) is 0 Å². The molecular weight excluding hydrogens is 421 g/mol. The van der Waals surface area contributed by atoms with Crippen LogP contribution in [0.1, 0.15) is 29.7 Å². The SMILES string of the molecule is CC1C2(c3ccccc3)OC(=N)C1(C#N)C(C#N)(C#N)C(c1ccc(C(F)(F)F)cc1)O2. The number of nitriles is 3. The van der Waals surface area contributed by atoms with Crippen LogP contribution in [0.4, 0.5) is 13.2 Å². The van der Waals surface area contributed by atoms with E-state index in [2.05, 4.69) is 0 Å². The van der Waals surface area contributed by atoms with Crippen LogP contribution in [0.2, 0.25) is 0 Å². The number of rotatable bonds is 2. The highest BCUT2D eigenvalue weighted by Crippen LogP contribution is 2.68. The van der Waals surface area contributed by atoms with Crippen molar-refractivity contribution in [3.05, 3.63) is 71.3 Å². The summed E-state index contributed by atoms with van der Waals surface area (Å²) in [6.45, 7) is 1.56. The van der Waals surface area contributed by atoms with Crippen LogP contribution < -0.4 is 0 Å². The molecule has 32 heavy (non-hydrogen) atoms. The molecule has 6 nitrogen and oxygen atoms in total. The first-order valence-corrected chi connectivity index (χ1v) is 9.55. The molecule has 0 spiro atoms. The predicted octanol–water partition coefficient (Wildman–Crippen LogP) is 4.82. The van der Waals surface area contributed by atoms with Gasteiger partial charge in [-0.15, -0.1) is 0 Å². The maximum atomic E-state index is 13.1. The van der Waals surface area contributed by atoms with Crippen LogP contribution in [0.5, 0.6) is 0 Å². The van der Waals surface area contributed by atoms with Gasteiger partial charge in [0.05, 0.1) is 29.7 Å². The third-order valence-electron chi connectivity index (χ3n) is 6.39. The second-order valence-corrected chi connectivity index (χ2v) is 7.76. The largest absolute Gasteiger partial charge is 0.443 e. The molecule has 2 heterocycles. The van der Waals surface area contributed by atoms with E-state index in [0.29, 0.717) is 5.56 Å². The molecule has 0 aromatic heterocycles. The van der Waals surface area contributed by atoms with E-state index >= 15 is 0 Å². The van der Waals surface area contributed by atoms with Gasteiger partial charge in [-0.25, -0.2) is 0 Å². The maximum absolute atomic E-state index is 13.1. The van der Waals surface area contributed by atoms with Crippen molar-refractivity contribution in [2.24, 2.45) is 16.7 Å². The summed E-state index contributed by atoms with van der Waals surface area (Å²) in [4.78, 5) is 0. The lowest BCUT2D eigenvalue weighted by Gasteiger charge is -2.48. The molecule has 0 saturated carbocycles. The van der Waals surface area contributed by atoms with E-state index in [9.17, 15) is 29.0 Å². The van der Waals surface area contributed by atoms with E-state index < -0.39 is 46.3 Å². The monoisotopic (exact) mass is 436 g/mol. The molecule has 2 fully saturated rings. The van der Waals surface area contributed by atoms with Crippen LogP contribution in [0.15, 0.2) is 54.6 Å². The maximum Gasteiger partial charge on any atom is 0.416 e. The van der Waals surface area contributed by atoms with Crippen molar-refractivity contribution >= 4 is 5.90 Å². The van der Waals surface area contributed by atoms with Crippen molar-refractivity contribution in [1.29, 1.82) is 21.2 Å². The van der Waals surface area contributed by atoms with Gasteiger partial charge >= 0.3 is 6.18 Å². The van der Waals surface area contributed by atoms with Gasteiger partial charge in [0, 0.05) is 5.56 Å². The summed E-state index contributed by atoms with van der Waals surface area (Å²) in [6, 6.07) is 18.0. The van der Waals surface area contributed by atoms with Gasteiger partial charge < -0.3 is 9.47 Å². The third-order valence-corrected chi connectivity index (χ3v) is 6.39. The summed E-state index contributed by atoms with van der Waals surface area (Å²) in [5, 5.41) is 38.9. The normalized spacial score (nSPS) is 30.5. The molecule has 0 aliphatic carbocycles. The minimum atomic E-state index is -4.58. The molecular formula is C23H15F3N4O2. The molecule has 2 bridgehead atoms. The van der Waals surface area contributed by atoms with Crippen molar-refractivity contribution in [2.75, 3.05) is 0 Å². The summed E-state index contributed by atoms with van der Waals surface area (Å²) in [5.74, 6) is -3.22. The lowest BCUT2D eigenvalue weighted by molar-refractivity contribution is -0.288. The number of ether oxygens (including phenoxy) is 2. The molecule has 4 unspecified atom stereocenters. The molecule has 9 heteroatoms. The Bertz CT molecular complexity index is 1190. The van der Waals surface area contributed by atoms with Gasteiger partial charge in [-0.1, -0.05) is 49.4 Å². The Balaban J connectivity index is 1.98. The first-order chi connectivity index (χ1) is 15.1. The number of hydrogen-bond donors (Lipinski definition) is 1. The van der Waals surface area contributed by atoms with Gasteiger partial charge in [-0.2, -0.15) is 29.0 Å². The lowest BCUT2D eigenvalue weighted by Crippen LogP contribution is -2.57. The number of fused-ring (bicyclic) bond motifs is 2. The van der Waals surface area contributed by atoms with Gasteiger partial charge in [0.15, 0.2) is 5.41 Å². The molecule has 0 amide bonds. The van der Waals surface area contributed by atoms with Crippen LogP contribution in [0, 0.1) is 56.2 Å². The quantitative estimate of drug-likeness (QED) is 0.725. The van der Waals surface area contributed by atoms with E-state index in [0.717, 1.165) is 24.3 Å². The molecule has 4 atom stereocenters. The van der Waals surface area contributed by atoms with Gasteiger partial charge in [0.2, 0.25) is 17.1 Å². The molecule has 2 aliphatic rings. The zero-order valence-corrected chi connectivity index (χ0v) is 16.6. The Morgan fingerprint density at radius 1 is 0.938 bits per heavy atom. The molecule has 1 N–H and O–H groups in total. The summed E-state index contributed by atoms with van der Waals surface area (Å²) < 4.78 is 51.2. The average molecular weight is 436 g/mol. The first kappa shape index (κ1) is 21.4. The Kier molecular flexibility index (Phi) is 4.55. The number of nitrogens with zero attached hydrogens (tertiary/aromatic N) is 3. The molecule has 2 aromatic rings. The fourth-order valence-corrected chi connectivity index (χ4v) is 4.69.